The Morgan fingerprint density at radius 2 is 2.12 bits per heavy atom. The maximum Gasteiger partial charge on any atom is 0.245 e. The second-order valence-corrected chi connectivity index (χ2v) is 4.93. The van der Waals surface area contributed by atoms with E-state index in [0.717, 1.165) is 23.1 Å². The van der Waals surface area contributed by atoms with Crippen LogP contribution in [-0.2, 0) is 4.79 Å². The molecule has 2 N–H and O–H groups in total. The van der Waals surface area contributed by atoms with Gasteiger partial charge in [-0.3, -0.25) is 4.79 Å². The van der Waals surface area contributed by atoms with Crippen LogP contribution in [0.5, 0.6) is 0 Å². The number of amides is 1. The first-order valence-corrected chi connectivity index (χ1v) is 6.42. The molecule has 0 aliphatic carbocycles. The van der Waals surface area contributed by atoms with Gasteiger partial charge in [0.2, 0.25) is 5.91 Å². The van der Waals surface area contributed by atoms with E-state index in [2.05, 4.69) is 21.2 Å². The van der Waals surface area contributed by atoms with Crippen LogP contribution in [0.15, 0.2) is 28.7 Å². The van der Waals surface area contributed by atoms with Gasteiger partial charge >= 0.3 is 0 Å². The highest BCUT2D eigenvalue weighted by Gasteiger charge is 2.27. The van der Waals surface area contributed by atoms with Gasteiger partial charge in [0.1, 0.15) is 6.04 Å². The number of benzene rings is 1. The molecule has 0 aromatic heterocycles. The van der Waals surface area contributed by atoms with E-state index >= 15 is 0 Å². The summed E-state index contributed by atoms with van der Waals surface area (Å²) in [5, 5.41) is 12.2. The SMILES string of the molecule is O=C1NCCCN(c2ccc(Br)cc2)C1CO. The van der Waals surface area contributed by atoms with Crippen molar-refractivity contribution in [3.63, 3.8) is 0 Å². The van der Waals surface area contributed by atoms with Gasteiger partial charge in [-0.25, -0.2) is 0 Å². The molecule has 1 aliphatic rings. The van der Waals surface area contributed by atoms with Gasteiger partial charge < -0.3 is 15.3 Å². The molecule has 1 aliphatic heterocycles. The molecule has 17 heavy (non-hydrogen) atoms. The molecule has 0 bridgehead atoms. The van der Waals surface area contributed by atoms with E-state index < -0.39 is 6.04 Å². The molecule has 1 atom stereocenters. The fraction of sp³-hybridized carbons (Fsp3) is 0.417. The van der Waals surface area contributed by atoms with Crippen LogP contribution < -0.4 is 10.2 Å². The van der Waals surface area contributed by atoms with Crippen LogP contribution in [0, 0.1) is 0 Å². The van der Waals surface area contributed by atoms with Crippen molar-refractivity contribution in [2.75, 3.05) is 24.6 Å². The zero-order valence-electron chi connectivity index (χ0n) is 9.40. The Labute approximate surface area is 109 Å². The monoisotopic (exact) mass is 298 g/mol. The van der Waals surface area contributed by atoms with Crippen molar-refractivity contribution in [3.8, 4) is 0 Å². The molecular formula is C12H15BrN2O2. The van der Waals surface area contributed by atoms with Crippen LogP contribution in [0.4, 0.5) is 5.69 Å². The summed E-state index contributed by atoms with van der Waals surface area (Å²) in [6.45, 7) is 1.27. The lowest BCUT2D eigenvalue weighted by molar-refractivity contribution is -0.122. The minimum Gasteiger partial charge on any atom is -0.394 e. The lowest BCUT2D eigenvalue weighted by Crippen LogP contribution is -2.46. The largest absolute Gasteiger partial charge is 0.394 e. The smallest absolute Gasteiger partial charge is 0.245 e. The first kappa shape index (κ1) is 12.4. The Bertz CT molecular complexity index is 394. The molecule has 2 rings (SSSR count). The molecule has 1 fully saturated rings. The fourth-order valence-electron chi connectivity index (χ4n) is 2.00. The predicted molar refractivity (Wildman–Crippen MR) is 70.0 cm³/mol. The molecule has 92 valence electrons. The summed E-state index contributed by atoms with van der Waals surface area (Å²) in [5.41, 5.74) is 0.962. The average Bonchev–Trinajstić information content (AvgIpc) is 2.52. The van der Waals surface area contributed by atoms with Gasteiger partial charge in [-0.1, -0.05) is 15.9 Å². The summed E-state index contributed by atoms with van der Waals surface area (Å²) < 4.78 is 1.00. The number of aliphatic hydroxyl groups excluding tert-OH is 1. The van der Waals surface area contributed by atoms with Gasteiger partial charge in [0.15, 0.2) is 0 Å². The predicted octanol–water partition coefficient (Wildman–Crippen LogP) is 1.14. The number of rotatable bonds is 2. The van der Waals surface area contributed by atoms with Crippen LogP contribution in [0.2, 0.25) is 0 Å². The van der Waals surface area contributed by atoms with Crippen molar-refractivity contribution in [3.05, 3.63) is 28.7 Å². The quantitative estimate of drug-likeness (QED) is 0.861. The van der Waals surface area contributed by atoms with Crippen molar-refractivity contribution in [1.29, 1.82) is 0 Å². The minimum absolute atomic E-state index is 0.104. The molecule has 0 spiro atoms. The normalized spacial score (nSPS) is 20.9. The Morgan fingerprint density at radius 3 is 2.76 bits per heavy atom. The van der Waals surface area contributed by atoms with Gasteiger partial charge in [-0.2, -0.15) is 0 Å². The number of carbonyl (C=O) groups excluding carboxylic acids is 1. The zero-order valence-corrected chi connectivity index (χ0v) is 11.0. The highest BCUT2D eigenvalue weighted by Crippen LogP contribution is 2.21. The maximum atomic E-state index is 11.8. The van der Waals surface area contributed by atoms with Gasteiger partial charge in [0, 0.05) is 23.2 Å². The minimum atomic E-state index is -0.487. The van der Waals surface area contributed by atoms with E-state index in [1.807, 2.05) is 29.2 Å². The van der Waals surface area contributed by atoms with Crippen molar-refractivity contribution >= 4 is 27.5 Å². The first-order chi connectivity index (χ1) is 8.22. The van der Waals surface area contributed by atoms with Gasteiger partial charge in [-0.15, -0.1) is 0 Å². The summed E-state index contributed by atoms with van der Waals surface area (Å²) in [7, 11) is 0. The topological polar surface area (TPSA) is 52.6 Å². The number of carbonyl (C=O) groups is 1. The first-order valence-electron chi connectivity index (χ1n) is 5.63. The highest BCUT2D eigenvalue weighted by molar-refractivity contribution is 9.10. The van der Waals surface area contributed by atoms with Crippen molar-refractivity contribution in [2.24, 2.45) is 0 Å². The number of hydrogen-bond donors (Lipinski definition) is 2. The van der Waals surface area contributed by atoms with Gasteiger partial charge in [0.05, 0.1) is 6.61 Å². The van der Waals surface area contributed by atoms with E-state index in [1.165, 1.54) is 0 Å². The van der Waals surface area contributed by atoms with Crippen LogP contribution >= 0.6 is 15.9 Å². The molecule has 1 aromatic rings. The van der Waals surface area contributed by atoms with Crippen molar-refractivity contribution in [1.82, 2.24) is 5.32 Å². The summed E-state index contributed by atoms with van der Waals surface area (Å²) >= 11 is 3.38. The van der Waals surface area contributed by atoms with Crippen molar-refractivity contribution < 1.29 is 9.90 Å². The van der Waals surface area contributed by atoms with Gasteiger partial charge in [-0.05, 0) is 30.7 Å². The Kier molecular flexibility index (Phi) is 4.02. The maximum absolute atomic E-state index is 11.8. The molecule has 0 radical (unpaired) electrons. The molecule has 4 nitrogen and oxygen atoms in total. The number of hydrogen-bond acceptors (Lipinski definition) is 3. The van der Waals surface area contributed by atoms with E-state index in [4.69, 9.17) is 0 Å². The third-order valence-corrected chi connectivity index (χ3v) is 3.41. The third-order valence-electron chi connectivity index (χ3n) is 2.89. The van der Waals surface area contributed by atoms with E-state index in [-0.39, 0.29) is 12.5 Å². The van der Waals surface area contributed by atoms with Crippen LogP contribution in [0.1, 0.15) is 6.42 Å². The molecule has 0 saturated carbocycles. The lowest BCUT2D eigenvalue weighted by Gasteiger charge is -2.29. The molecular weight excluding hydrogens is 284 g/mol. The Balaban J connectivity index is 2.26. The number of anilines is 1. The molecule has 5 heteroatoms. The number of aliphatic hydroxyl groups is 1. The second-order valence-electron chi connectivity index (χ2n) is 4.01. The van der Waals surface area contributed by atoms with E-state index in [9.17, 15) is 9.90 Å². The fourth-order valence-corrected chi connectivity index (χ4v) is 2.26. The third kappa shape index (κ3) is 2.79. The molecule has 1 heterocycles. The van der Waals surface area contributed by atoms with Crippen LogP contribution in [-0.4, -0.2) is 36.8 Å². The summed E-state index contributed by atoms with van der Waals surface area (Å²) in [6.07, 6.45) is 0.887. The Morgan fingerprint density at radius 1 is 1.41 bits per heavy atom. The molecule has 1 unspecified atom stereocenters. The van der Waals surface area contributed by atoms with Crippen LogP contribution in [0.25, 0.3) is 0 Å². The number of halogens is 1. The standard InChI is InChI=1S/C12H15BrN2O2/c13-9-2-4-10(5-3-9)15-7-1-6-14-12(17)11(15)8-16/h2-5,11,16H,1,6-8H2,(H,14,17). The average molecular weight is 299 g/mol. The summed E-state index contributed by atoms with van der Waals surface area (Å²) in [5.74, 6) is -0.104. The zero-order chi connectivity index (χ0) is 12.3. The summed E-state index contributed by atoms with van der Waals surface area (Å²) in [4.78, 5) is 13.7. The number of nitrogens with zero attached hydrogens (tertiary/aromatic N) is 1. The number of nitrogens with one attached hydrogen (secondary N) is 1. The highest BCUT2D eigenvalue weighted by atomic mass is 79.9. The lowest BCUT2D eigenvalue weighted by atomic mass is 10.2. The Hall–Kier alpha value is -1.07. The van der Waals surface area contributed by atoms with E-state index in [0.29, 0.717) is 6.54 Å². The van der Waals surface area contributed by atoms with Gasteiger partial charge in [0.25, 0.3) is 0 Å². The molecule has 1 aromatic carbocycles. The van der Waals surface area contributed by atoms with Crippen LogP contribution in [0.3, 0.4) is 0 Å². The molecule has 1 amide bonds. The molecule has 1 saturated heterocycles. The van der Waals surface area contributed by atoms with E-state index in [1.54, 1.807) is 0 Å². The second kappa shape index (κ2) is 5.51. The van der Waals surface area contributed by atoms with Crippen molar-refractivity contribution in [2.45, 2.75) is 12.5 Å². The summed E-state index contributed by atoms with van der Waals surface area (Å²) in [6, 6.07) is 7.29.